The van der Waals surface area contributed by atoms with Crippen molar-refractivity contribution in [1.82, 2.24) is 19.4 Å². The maximum atomic E-state index is 10.6. The predicted molar refractivity (Wildman–Crippen MR) is 87.4 cm³/mol. The number of aromatic nitrogens is 4. The second-order valence-corrected chi connectivity index (χ2v) is 5.81. The third-order valence-corrected chi connectivity index (χ3v) is 4.10. The molecule has 0 atom stereocenters. The molecule has 0 bridgehead atoms. The molecular formula is C14H14N6O2S. The van der Waals surface area contributed by atoms with Crippen LogP contribution in [0.1, 0.15) is 0 Å². The molecule has 9 heteroatoms. The van der Waals surface area contributed by atoms with Crippen molar-refractivity contribution >= 4 is 17.4 Å². The summed E-state index contributed by atoms with van der Waals surface area (Å²) < 4.78 is 3.02. The molecule has 3 rings (SSSR count). The van der Waals surface area contributed by atoms with Crippen LogP contribution in [0.25, 0.3) is 11.3 Å². The molecule has 0 fully saturated rings. The van der Waals surface area contributed by atoms with Gasteiger partial charge in [-0.05, 0) is 0 Å². The van der Waals surface area contributed by atoms with Crippen LogP contribution in [0.3, 0.4) is 0 Å². The van der Waals surface area contributed by atoms with Gasteiger partial charge in [0.05, 0.1) is 23.4 Å². The number of nitrogens with two attached hydrogens (primary N) is 1. The number of hydrogen-bond acceptors (Lipinski definition) is 6. The molecule has 0 saturated carbocycles. The van der Waals surface area contributed by atoms with Gasteiger partial charge in [-0.1, -0.05) is 42.1 Å². The van der Waals surface area contributed by atoms with E-state index in [1.54, 1.807) is 6.20 Å². The molecule has 2 aromatic heterocycles. The highest BCUT2D eigenvalue weighted by molar-refractivity contribution is 7.99. The molecule has 3 aromatic rings. The number of nitrogens with zero attached hydrogens (tertiary/aromatic N) is 5. The van der Waals surface area contributed by atoms with Crippen molar-refractivity contribution in [3.63, 3.8) is 0 Å². The van der Waals surface area contributed by atoms with E-state index in [1.807, 2.05) is 30.3 Å². The largest absolute Gasteiger partial charge is 0.337 e. The molecule has 118 valence electrons. The fourth-order valence-corrected chi connectivity index (χ4v) is 2.86. The number of benzene rings is 1. The quantitative estimate of drug-likeness (QED) is 0.321. The molecule has 0 amide bonds. The average Bonchev–Trinajstić information content (AvgIpc) is 3.16. The summed E-state index contributed by atoms with van der Waals surface area (Å²) in [7, 11) is 0. The van der Waals surface area contributed by atoms with E-state index in [4.69, 9.17) is 5.84 Å². The molecule has 2 N–H and O–H groups in total. The van der Waals surface area contributed by atoms with E-state index in [-0.39, 0.29) is 5.69 Å². The van der Waals surface area contributed by atoms with E-state index in [2.05, 4.69) is 10.1 Å². The van der Waals surface area contributed by atoms with E-state index in [0.29, 0.717) is 17.5 Å². The van der Waals surface area contributed by atoms with Gasteiger partial charge in [-0.2, -0.15) is 5.10 Å². The lowest BCUT2D eigenvalue weighted by atomic mass is 10.2. The summed E-state index contributed by atoms with van der Waals surface area (Å²) in [6.45, 7) is 0.534. The average molecular weight is 330 g/mol. The maximum Gasteiger partial charge on any atom is 0.306 e. The molecule has 0 saturated heterocycles. The molecule has 0 aliphatic carbocycles. The lowest BCUT2D eigenvalue weighted by Crippen LogP contribution is -2.09. The second-order valence-electron chi connectivity index (χ2n) is 4.75. The lowest BCUT2D eigenvalue weighted by molar-refractivity contribution is -0.385. The summed E-state index contributed by atoms with van der Waals surface area (Å²) >= 11 is 1.47. The molecule has 2 heterocycles. The summed E-state index contributed by atoms with van der Waals surface area (Å²) in [6.07, 6.45) is 4.42. The normalized spacial score (nSPS) is 10.8. The van der Waals surface area contributed by atoms with Crippen LogP contribution in [0, 0.1) is 10.1 Å². The van der Waals surface area contributed by atoms with Gasteiger partial charge in [0.15, 0.2) is 5.16 Å². The number of aryl methyl sites for hydroxylation is 1. The molecule has 0 unspecified atom stereocenters. The predicted octanol–water partition coefficient (Wildman–Crippen LogP) is 2.16. The second kappa shape index (κ2) is 6.53. The first-order valence-electron chi connectivity index (χ1n) is 6.83. The van der Waals surface area contributed by atoms with E-state index in [0.717, 1.165) is 11.3 Å². The zero-order valence-electron chi connectivity index (χ0n) is 12.1. The fraction of sp³-hybridized carbons (Fsp3) is 0.143. The lowest BCUT2D eigenvalue weighted by Gasteiger charge is -2.01. The van der Waals surface area contributed by atoms with Gasteiger partial charge in [0.25, 0.3) is 0 Å². The van der Waals surface area contributed by atoms with E-state index in [9.17, 15) is 10.1 Å². The van der Waals surface area contributed by atoms with Crippen molar-refractivity contribution in [2.45, 2.75) is 11.7 Å². The van der Waals surface area contributed by atoms with Gasteiger partial charge in [-0.15, -0.1) is 0 Å². The van der Waals surface area contributed by atoms with Crippen LogP contribution in [-0.4, -0.2) is 30.1 Å². The minimum absolute atomic E-state index is 0.0123. The molecule has 8 nitrogen and oxygen atoms in total. The Kier molecular flexibility index (Phi) is 4.29. The number of imidazole rings is 1. The Morgan fingerprint density at radius 3 is 2.74 bits per heavy atom. The van der Waals surface area contributed by atoms with Crippen molar-refractivity contribution in [3.8, 4) is 11.3 Å². The van der Waals surface area contributed by atoms with Gasteiger partial charge in [0.2, 0.25) is 0 Å². The molecule has 1 aromatic carbocycles. The van der Waals surface area contributed by atoms with Gasteiger partial charge >= 0.3 is 5.69 Å². The van der Waals surface area contributed by atoms with Crippen LogP contribution in [0.5, 0.6) is 0 Å². The van der Waals surface area contributed by atoms with Crippen molar-refractivity contribution in [1.29, 1.82) is 0 Å². The first-order valence-corrected chi connectivity index (χ1v) is 7.81. The monoisotopic (exact) mass is 330 g/mol. The smallest absolute Gasteiger partial charge is 0.306 e. The minimum atomic E-state index is -0.463. The first-order chi connectivity index (χ1) is 11.1. The summed E-state index contributed by atoms with van der Waals surface area (Å²) in [5.41, 5.74) is 1.80. The molecule has 0 aliphatic heterocycles. The topological polar surface area (TPSA) is 105 Å². The van der Waals surface area contributed by atoms with E-state index < -0.39 is 4.92 Å². The highest BCUT2D eigenvalue weighted by Crippen LogP contribution is 2.22. The molecule has 0 spiro atoms. The molecule has 0 aliphatic rings. The Labute approximate surface area is 136 Å². The SMILES string of the molecule is Nn1cc(-c2ccccc2)nc1SCCn1cc([N+](=O)[O-])cn1. The van der Waals surface area contributed by atoms with Gasteiger partial charge in [0.1, 0.15) is 12.4 Å². The Hall–Kier alpha value is -2.81. The third kappa shape index (κ3) is 3.51. The number of thioether (sulfide) groups is 1. The Balaban J connectivity index is 1.62. The van der Waals surface area contributed by atoms with Gasteiger partial charge in [-0.25, -0.2) is 9.66 Å². The van der Waals surface area contributed by atoms with Crippen molar-refractivity contribution in [2.75, 3.05) is 11.6 Å². The van der Waals surface area contributed by atoms with Crippen LogP contribution in [-0.2, 0) is 6.54 Å². The maximum absolute atomic E-state index is 10.6. The van der Waals surface area contributed by atoms with Crippen molar-refractivity contribution in [2.24, 2.45) is 0 Å². The standard InChI is InChI=1S/C14H14N6O2S/c15-19-10-13(11-4-2-1-3-5-11)17-14(19)23-7-6-18-9-12(8-16-18)20(21)22/h1-5,8-10H,6-7,15H2. The molecular weight excluding hydrogens is 316 g/mol. The highest BCUT2D eigenvalue weighted by Gasteiger charge is 2.10. The van der Waals surface area contributed by atoms with Crippen LogP contribution in [0.4, 0.5) is 5.69 Å². The van der Waals surface area contributed by atoms with Crippen molar-refractivity contribution < 1.29 is 4.92 Å². The summed E-state index contributed by atoms with van der Waals surface area (Å²) in [4.78, 5) is 14.7. The summed E-state index contributed by atoms with van der Waals surface area (Å²) in [5.74, 6) is 6.58. The Morgan fingerprint density at radius 2 is 2.04 bits per heavy atom. The Morgan fingerprint density at radius 1 is 1.26 bits per heavy atom. The minimum Gasteiger partial charge on any atom is -0.337 e. The summed E-state index contributed by atoms with van der Waals surface area (Å²) in [6, 6.07) is 9.78. The zero-order chi connectivity index (χ0) is 16.2. The van der Waals surface area contributed by atoms with Crippen LogP contribution >= 0.6 is 11.8 Å². The summed E-state index contributed by atoms with van der Waals surface area (Å²) in [5, 5.41) is 15.2. The van der Waals surface area contributed by atoms with Gasteiger partial charge in [-0.3, -0.25) is 14.8 Å². The number of hydrogen-bond donors (Lipinski definition) is 1. The van der Waals surface area contributed by atoms with E-state index >= 15 is 0 Å². The van der Waals surface area contributed by atoms with Gasteiger partial charge in [0, 0.05) is 11.3 Å². The van der Waals surface area contributed by atoms with Crippen LogP contribution in [0.2, 0.25) is 0 Å². The number of nitro groups is 1. The fourth-order valence-electron chi connectivity index (χ4n) is 2.03. The van der Waals surface area contributed by atoms with Crippen LogP contribution < -0.4 is 5.84 Å². The van der Waals surface area contributed by atoms with Crippen molar-refractivity contribution in [3.05, 3.63) is 59.0 Å². The van der Waals surface area contributed by atoms with E-state index in [1.165, 1.54) is 33.5 Å². The number of rotatable bonds is 6. The Bertz CT molecular complexity index is 814. The number of nitrogen functional groups attached to an aromatic ring is 1. The molecule has 0 radical (unpaired) electrons. The third-order valence-electron chi connectivity index (χ3n) is 3.15. The zero-order valence-corrected chi connectivity index (χ0v) is 12.9. The van der Waals surface area contributed by atoms with Gasteiger partial charge < -0.3 is 5.84 Å². The van der Waals surface area contributed by atoms with Crippen LogP contribution in [0.15, 0.2) is 54.1 Å². The first kappa shape index (κ1) is 15.1. The molecule has 23 heavy (non-hydrogen) atoms. The highest BCUT2D eigenvalue weighted by atomic mass is 32.2.